The monoisotopic (exact) mass is 305 g/mol. The predicted molar refractivity (Wildman–Crippen MR) is 82.0 cm³/mol. The topological polar surface area (TPSA) is 71.8 Å². The Labute approximate surface area is 127 Å². The number of aromatic nitrogens is 3. The van der Waals surface area contributed by atoms with Crippen LogP contribution in [0, 0.1) is 6.92 Å². The largest absolute Gasteiger partial charge is 0.343 e. The Balaban J connectivity index is 1.96. The lowest BCUT2D eigenvalue weighted by molar-refractivity contribution is -0.120. The van der Waals surface area contributed by atoms with Gasteiger partial charge in [0.15, 0.2) is 0 Å². The number of hydrogen-bond donors (Lipinski definition) is 2. The molecule has 6 nitrogen and oxygen atoms in total. The Morgan fingerprint density at radius 2 is 2.38 bits per heavy atom. The molecule has 0 spiro atoms. The highest BCUT2D eigenvalue weighted by Crippen LogP contribution is 2.33. The zero-order chi connectivity index (χ0) is 15.0. The standard InChI is InChI=1S/C14H19N5OS/c1-9-11(6-19(3)18-9)12-7-21-13(16-12)14(17-10(2)20)4-5-15-8-14/h6-7,15H,4-5,8H2,1-3H3,(H,17,20). The minimum atomic E-state index is -0.370. The van der Waals surface area contributed by atoms with Crippen LogP contribution in [0.25, 0.3) is 11.3 Å². The van der Waals surface area contributed by atoms with Gasteiger partial charge in [0, 0.05) is 37.7 Å². The van der Waals surface area contributed by atoms with E-state index >= 15 is 0 Å². The first-order chi connectivity index (χ1) is 10.00. The third kappa shape index (κ3) is 2.58. The van der Waals surface area contributed by atoms with Crippen molar-refractivity contribution in [2.24, 2.45) is 7.05 Å². The van der Waals surface area contributed by atoms with Crippen molar-refractivity contribution in [3.63, 3.8) is 0 Å². The Bertz CT molecular complexity index is 669. The van der Waals surface area contributed by atoms with Gasteiger partial charge in [-0.2, -0.15) is 5.10 Å². The van der Waals surface area contributed by atoms with Crippen LogP contribution in [0.15, 0.2) is 11.6 Å². The van der Waals surface area contributed by atoms with E-state index in [1.54, 1.807) is 22.9 Å². The summed E-state index contributed by atoms with van der Waals surface area (Å²) in [5.74, 6) is -0.0204. The van der Waals surface area contributed by atoms with Gasteiger partial charge in [0.05, 0.1) is 11.4 Å². The zero-order valence-electron chi connectivity index (χ0n) is 12.4. The van der Waals surface area contributed by atoms with Gasteiger partial charge in [-0.25, -0.2) is 4.98 Å². The molecule has 1 unspecified atom stereocenters. The number of carbonyl (C=O) groups is 1. The maximum atomic E-state index is 11.5. The summed E-state index contributed by atoms with van der Waals surface area (Å²) >= 11 is 1.60. The van der Waals surface area contributed by atoms with Gasteiger partial charge in [-0.3, -0.25) is 9.48 Å². The van der Waals surface area contributed by atoms with Crippen molar-refractivity contribution >= 4 is 17.2 Å². The highest BCUT2D eigenvalue weighted by atomic mass is 32.1. The minimum absolute atomic E-state index is 0.0204. The van der Waals surface area contributed by atoms with Crippen molar-refractivity contribution in [2.75, 3.05) is 13.1 Å². The molecule has 1 aliphatic heterocycles. The molecule has 1 fully saturated rings. The van der Waals surface area contributed by atoms with Gasteiger partial charge in [0.2, 0.25) is 5.91 Å². The van der Waals surface area contributed by atoms with Crippen LogP contribution >= 0.6 is 11.3 Å². The van der Waals surface area contributed by atoms with Crippen molar-refractivity contribution in [3.8, 4) is 11.3 Å². The van der Waals surface area contributed by atoms with Crippen LogP contribution in [0.3, 0.4) is 0 Å². The molecule has 3 rings (SSSR count). The quantitative estimate of drug-likeness (QED) is 0.893. The molecule has 21 heavy (non-hydrogen) atoms. The summed E-state index contributed by atoms with van der Waals surface area (Å²) in [4.78, 5) is 16.3. The normalized spacial score (nSPS) is 21.7. The molecular weight excluding hydrogens is 286 g/mol. The lowest BCUT2D eigenvalue weighted by Crippen LogP contribution is -2.46. The van der Waals surface area contributed by atoms with Crippen LogP contribution in [0.1, 0.15) is 24.0 Å². The number of nitrogens with one attached hydrogen (secondary N) is 2. The van der Waals surface area contributed by atoms with E-state index in [0.29, 0.717) is 0 Å². The van der Waals surface area contributed by atoms with Crippen molar-refractivity contribution in [2.45, 2.75) is 25.8 Å². The molecule has 0 radical (unpaired) electrons. The van der Waals surface area contributed by atoms with Gasteiger partial charge in [0.1, 0.15) is 10.5 Å². The second-order valence-corrected chi connectivity index (χ2v) is 6.39. The fourth-order valence-corrected chi connectivity index (χ4v) is 3.84. The first-order valence-corrected chi connectivity index (χ1v) is 7.84. The smallest absolute Gasteiger partial charge is 0.217 e. The molecule has 2 aromatic heterocycles. The van der Waals surface area contributed by atoms with Crippen molar-refractivity contribution < 1.29 is 4.79 Å². The molecule has 1 atom stereocenters. The molecule has 0 saturated carbocycles. The van der Waals surface area contributed by atoms with Gasteiger partial charge in [0.25, 0.3) is 0 Å². The van der Waals surface area contributed by atoms with Crippen molar-refractivity contribution in [1.29, 1.82) is 0 Å². The number of rotatable bonds is 3. The lowest BCUT2D eigenvalue weighted by atomic mass is 9.99. The number of hydrogen-bond acceptors (Lipinski definition) is 5. The van der Waals surface area contributed by atoms with Gasteiger partial charge in [-0.15, -0.1) is 11.3 Å². The molecule has 1 saturated heterocycles. The van der Waals surface area contributed by atoms with Crippen LogP contribution in [-0.4, -0.2) is 33.8 Å². The fourth-order valence-electron chi connectivity index (χ4n) is 2.84. The molecule has 0 aliphatic carbocycles. The second kappa shape index (κ2) is 5.23. The summed E-state index contributed by atoms with van der Waals surface area (Å²) in [6, 6.07) is 0. The van der Waals surface area contributed by atoms with Gasteiger partial charge in [-0.1, -0.05) is 0 Å². The van der Waals surface area contributed by atoms with E-state index in [1.165, 1.54) is 0 Å². The van der Waals surface area contributed by atoms with E-state index < -0.39 is 0 Å². The molecule has 7 heteroatoms. The molecule has 112 valence electrons. The first kappa shape index (κ1) is 14.2. The van der Waals surface area contributed by atoms with Gasteiger partial charge >= 0.3 is 0 Å². The van der Waals surface area contributed by atoms with Crippen LogP contribution < -0.4 is 10.6 Å². The molecule has 2 N–H and O–H groups in total. The summed E-state index contributed by atoms with van der Waals surface area (Å²) in [6.45, 7) is 5.15. The second-order valence-electron chi connectivity index (χ2n) is 5.53. The molecule has 0 aromatic carbocycles. The number of amides is 1. The summed E-state index contributed by atoms with van der Waals surface area (Å²) in [5.41, 5.74) is 2.57. The third-order valence-electron chi connectivity index (χ3n) is 3.77. The first-order valence-electron chi connectivity index (χ1n) is 6.96. The predicted octanol–water partition coefficient (Wildman–Crippen LogP) is 1.18. The number of carbonyl (C=O) groups excluding carboxylic acids is 1. The summed E-state index contributed by atoms with van der Waals surface area (Å²) in [5, 5.41) is 13.8. The van der Waals surface area contributed by atoms with Crippen LogP contribution in [0.2, 0.25) is 0 Å². The number of nitrogens with zero attached hydrogens (tertiary/aromatic N) is 3. The summed E-state index contributed by atoms with van der Waals surface area (Å²) in [6.07, 6.45) is 2.84. The maximum Gasteiger partial charge on any atom is 0.217 e. The highest BCUT2D eigenvalue weighted by molar-refractivity contribution is 7.10. The Kier molecular flexibility index (Phi) is 3.54. The van der Waals surface area contributed by atoms with E-state index in [2.05, 4.69) is 15.7 Å². The van der Waals surface area contributed by atoms with Crippen molar-refractivity contribution in [3.05, 3.63) is 22.3 Å². The van der Waals surface area contributed by atoms with Gasteiger partial charge in [-0.05, 0) is 19.9 Å². The fraction of sp³-hybridized carbons (Fsp3) is 0.500. The Morgan fingerprint density at radius 1 is 1.57 bits per heavy atom. The van der Waals surface area contributed by atoms with E-state index in [4.69, 9.17) is 4.98 Å². The SMILES string of the molecule is CC(=O)NC1(c2nc(-c3cn(C)nc3C)cs2)CCNC1. The third-order valence-corrected chi connectivity index (χ3v) is 4.82. The summed E-state index contributed by atoms with van der Waals surface area (Å²) in [7, 11) is 1.91. The van der Waals surface area contributed by atoms with Crippen LogP contribution in [-0.2, 0) is 17.4 Å². The average molecular weight is 305 g/mol. The lowest BCUT2D eigenvalue weighted by Gasteiger charge is -2.26. The molecule has 1 aliphatic rings. The van der Waals surface area contributed by atoms with Crippen molar-refractivity contribution in [1.82, 2.24) is 25.4 Å². The number of aryl methyl sites for hydroxylation is 2. The van der Waals surface area contributed by atoms with E-state index in [-0.39, 0.29) is 11.4 Å². The zero-order valence-corrected chi connectivity index (χ0v) is 13.3. The van der Waals surface area contributed by atoms with Gasteiger partial charge < -0.3 is 10.6 Å². The molecule has 0 bridgehead atoms. The van der Waals surface area contributed by atoms with E-state index in [9.17, 15) is 4.79 Å². The molecular formula is C14H19N5OS. The molecule has 1 amide bonds. The number of thiazole rings is 1. The Morgan fingerprint density at radius 3 is 2.95 bits per heavy atom. The Hall–Kier alpha value is -1.73. The molecule has 3 heterocycles. The maximum absolute atomic E-state index is 11.5. The minimum Gasteiger partial charge on any atom is -0.343 e. The molecule has 2 aromatic rings. The van der Waals surface area contributed by atoms with Crippen LogP contribution in [0.5, 0.6) is 0 Å². The van der Waals surface area contributed by atoms with E-state index in [1.807, 2.05) is 25.5 Å². The highest BCUT2D eigenvalue weighted by Gasteiger charge is 2.39. The average Bonchev–Trinajstić information content (AvgIpc) is 3.08. The van der Waals surface area contributed by atoms with E-state index in [0.717, 1.165) is 41.5 Å². The van der Waals surface area contributed by atoms with Crippen LogP contribution in [0.4, 0.5) is 0 Å². The summed E-state index contributed by atoms with van der Waals surface area (Å²) < 4.78 is 1.80.